The highest BCUT2D eigenvalue weighted by Gasteiger charge is 2.20. The Morgan fingerprint density at radius 1 is 1.03 bits per heavy atom. The maximum atomic E-state index is 13.0. The number of benzene rings is 2. The van der Waals surface area contributed by atoms with E-state index in [1.165, 1.54) is 0 Å². The van der Waals surface area contributed by atoms with Gasteiger partial charge in [0.05, 0.1) is 24.8 Å². The molecule has 2 N–H and O–H groups in total. The first-order valence-corrected chi connectivity index (χ1v) is 10.3. The van der Waals surface area contributed by atoms with Crippen LogP contribution < -0.4 is 20.8 Å². The highest BCUT2D eigenvalue weighted by Crippen LogP contribution is 2.28. The number of hydrogen-bond acceptors (Lipinski definition) is 4. The molecule has 1 aromatic heterocycles. The van der Waals surface area contributed by atoms with E-state index in [0.29, 0.717) is 22.3 Å². The number of aromatic nitrogens is 1. The van der Waals surface area contributed by atoms with Crippen LogP contribution in [-0.2, 0) is 6.54 Å². The van der Waals surface area contributed by atoms with Gasteiger partial charge in [0.25, 0.3) is 5.56 Å². The largest absolute Gasteiger partial charge is 0.497 e. The molecule has 152 valence electrons. The van der Waals surface area contributed by atoms with Gasteiger partial charge in [-0.3, -0.25) is 4.79 Å². The molecule has 0 spiro atoms. The van der Waals surface area contributed by atoms with E-state index in [4.69, 9.17) is 26.8 Å². The number of pyridine rings is 1. The highest BCUT2D eigenvalue weighted by atomic mass is 35.5. The van der Waals surface area contributed by atoms with Crippen molar-refractivity contribution in [2.45, 2.75) is 44.4 Å². The summed E-state index contributed by atoms with van der Waals surface area (Å²) in [4.78, 5) is 13.0. The Morgan fingerprint density at radius 2 is 1.72 bits per heavy atom. The average Bonchev–Trinajstić information content (AvgIpc) is 2.74. The lowest BCUT2D eigenvalue weighted by molar-refractivity contribution is 0.147. The summed E-state index contributed by atoms with van der Waals surface area (Å²) < 4.78 is 12.9. The summed E-state index contributed by atoms with van der Waals surface area (Å²) in [5, 5.41) is 1.83. The zero-order valence-electron chi connectivity index (χ0n) is 16.4. The number of ether oxygens (including phenoxy) is 2. The minimum Gasteiger partial charge on any atom is -0.497 e. The Bertz CT molecular complexity index is 1050. The molecular formula is C23H25ClN2O3. The molecule has 3 aromatic rings. The molecule has 29 heavy (non-hydrogen) atoms. The van der Waals surface area contributed by atoms with Gasteiger partial charge >= 0.3 is 0 Å². The quantitative estimate of drug-likeness (QED) is 0.676. The van der Waals surface area contributed by atoms with Gasteiger partial charge in [0, 0.05) is 23.0 Å². The Hall–Kier alpha value is -2.50. The lowest BCUT2D eigenvalue weighted by Gasteiger charge is -2.26. The fourth-order valence-electron chi connectivity index (χ4n) is 3.84. The molecule has 0 aliphatic heterocycles. The van der Waals surface area contributed by atoms with Crippen molar-refractivity contribution in [3.05, 3.63) is 69.6 Å². The molecule has 1 heterocycles. The van der Waals surface area contributed by atoms with Crippen LogP contribution in [0, 0.1) is 0 Å². The molecule has 0 atom stereocenters. The summed E-state index contributed by atoms with van der Waals surface area (Å²) in [5.41, 5.74) is 6.89. The van der Waals surface area contributed by atoms with E-state index in [1.54, 1.807) is 23.9 Å². The lowest BCUT2D eigenvalue weighted by atomic mass is 9.94. The second kappa shape index (κ2) is 8.47. The Labute approximate surface area is 175 Å². The topological polar surface area (TPSA) is 66.5 Å². The van der Waals surface area contributed by atoms with Gasteiger partial charge in [-0.15, -0.1) is 0 Å². The Kier molecular flexibility index (Phi) is 5.79. The Balaban J connectivity index is 1.59. The van der Waals surface area contributed by atoms with Crippen molar-refractivity contribution < 1.29 is 9.47 Å². The predicted molar refractivity (Wildman–Crippen MR) is 116 cm³/mol. The fraction of sp³-hybridized carbons (Fsp3) is 0.348. The van der Waals surface area contributed by atoms with E-state index >= 15 is 0 Å². The van der Waals surface area contributed by atoms with Crippen molar-refractivity contribution in [1.29, 1.82) is 0 Å². The molecule has 1 aliphatic carbocycles. The Morgan fingerprint density at radius 3 is 2.41 bits per heavy atom. The van der Waals surface area contributed by atoms with Gasteiger partial charge in [-0.2, -0.15) is 0 Å². The SMILES string of the molecule is COc1ccc(Cn2cc(Cl)c3cc(OC4CCC(N)CC4)ccc3c2=O)cc1. The third-order valence-corrected chi connectivity index (χ3v) is 5.84. The lowest BCUT2D eigenvalue weighted by Crippen LogP contribution is -2.31. The van der Waals surface area contributed by atoms with Gasteiger partial charge in [0.1, 0.15) is 11.5 Å². The van der Waals surface area contributed by atoms with Crippen LogP contribution in [0.5, 0.6) is 11.5 Å². The smallest absolute Gasteiger partial charge is 0.258 e. The molecule has 0 bridgehead atoms. The number of nitrogens with zero attached hydrogens (tertiary/aromatic N) is 1. The molecule has 0 saturated heterocycles. The fourth-order valence-corrected chi connectivity index (χ4v) is 4.12. The van der Waals surface area contributed by atoms with Gasteiger partial charge in [0.2, 0.25) is 0 Å². The van der Waals surface area contributed by atoms with Gasteiger partial charge in [-0.25, -0.2) is 0 Å². The third kappa shape index (κ3) is 4.41. The van der Waals surface area contributed by atoms with Crippen LogP contribution in [0.15, 0.2) is 53.5 Å². The summed E-state index contributed by atoms with van der Waals surface area (Å²) in [6, 6.07) is 13.4. The summed E-state index contributed by atoms with van der Waals surface area (Å²) in [6.45, 7) is 0.444. The molecule has 5 nitrogen and oxygen atoms in total. The van der Waals surface area contributed by atoms with Crippen molar-refractivity contribution in [3.8, 4) is 11.5 Å². The monoisotopic (exact) mass is 412 g/mol. The molecule has 0 radical (unpaired) electrons. The van der Waals surface area contributed by atoms with Gasteiger partial charge in [-0.1, -0.05) is 23.7 Å². The first kappa shape index (κ1) is 19.8. The summed E-state index contributed by atoms with van der Waals surface area (Å²) >= 11 is 6.53. The molecular weight excluding hydrogens is 388 g/mol. The molecule has 1 saturated carbocycles. The number of halogens is 1. The van der Waals surface area contributed by atoms with Crippen LogP contribution >= 0.6 is 11.6 Å². The summed E-state index contributed by atoms with van der Waals surface area (Å²) in [7, 11) is 1.63. The van der Waals surface area contributed by atoms with E-state index in [9.17, 15) is 4.79 Å². The van der Waals surface area contributed by atoms with Crippen LogP contribution in [0.1, 0.15) is 31.2 Å². The van der Waals surface area contributed by atoms with E-state index in [-0.39, 0.29) is 17.7 Å². The van der Waals surface area contributed by atoms with Crippen LogP contribution in [-0.4, -0.2) is 23.8 Å². The third-order valence-electron chi connectivity index (χ3n) is 5.54. The number of hydrogen-bond donors (Lipinski definition) is 1. The predicted octanol–water partition coefficient (Wildman–Crippen LogP) is 4.36. The molecule has 0 amide bonds. The van der Waals surface area contributed by atoms with E-state index in [0.717, 1.165) is 42.7 Å². The first-order chi connectivity index (χ1) is 14.0. The molecule has 4 rings (SSSR count). The van der Waals surface area contributed by atoms with Crippen LogP contribution in [0.3, 0.4) is 0 Å². The first-order valence-electron chi connectivity index (χ1n) is 9.91. The van der Waals surface area contributed by atoms with E-state index in [2.05, 4.69) is 0 Å². The average molecular weight is 413 g/mol. The maximum absolute atomic E-state index is 13.0. The van der Waals surface area contributed by atoms with Crippen molar-refractivity contribution in [2.24, 2.45) is 5.73 Å². The number of fused-ring (bicyclic) bond motifs is 1. The van der Waals surface area contributed by atoms with Crippen LogP contribution in [0.4, 0.5) is 0 Å². The zero-order chi connectivity index (χ0) is 20.4. The normalized spacial score (nSPS) is 19.3. The highest BCUT2D eigenvalue weighted by molar-refractivity contribution is 6.35. The number of rotatable bonds is 5. The van der Waals surface area contributed by atoms with Crippen LogP contribution in [0.25, 0.3) is 10.8 Å². The van der Waals surface area contributed by atoms with E-state index < -0.39 is 0 Å². The standard InChI is InChI=1S/C23H25ClN2O3/c1-28-17-6-2-15(3-7-17)13-26-14-22(24)21-12-19(10-11-20(21)23(26)27)29-18-8-4-16(25)5-9-18/h2-3,6-7,10-12,14,16,18H,4-5,8-9,13,25H2,1H3. The number of nitrogens with two attached hydrogens (primary N) is 1. The zero-order valence-corrected chi connectivity index (χ0v) is 17.2. The van der Waals surface area contributed by atoms with Crippen LogP contribution in [0.2, 0.25) is 5.02 Å². The minimum absolute atomic E-state index is 0.0737. The molecule has 1 aliphatic rings. The number of methoxy groups -OCH3 is 1. The van der Waals surface area contributed by atoms with Gasteiger partial charge in [-0.05, 0) is 61.6 Å². The minimum atomic E-state index is -0.0737. The second-order valence-electron chi connectivity index (χ2n) is 7.62. The van der Waals surface area contributed by atoms with Crippen molar-refractivity contribution in [1.82, 2.24) is 4.57 Å². The van der Waals surface area contributed by atoms with E-state index in [1.807, 2.05) is 36.4 Å². The molecule has 2 aromatic carbocycles. The second-order valence-corrected chi connectivity index (χ2v) is 8.03. The molecule has 6 heteroatoms. The molecule has 1 fully saturated rings. The molecule has 0 unspecified atom stereocenters. The maximum Gasteiger partial charge on any atom is 0.258 e. The summed E-state index contributed by atoms with van der Waals surface area (Å²) in [6.07, 6.45) is 5.73. The van der Waals surface area contributed by atoms with Crippen molar-refractivity contribution >= 4 is 22.4 Å². The van der Waals surface area contributed by atoms with Crippen molar-refractivity contribution in [3.63, 3.8) is 0 Å². The van der Waals surface area contributed by atoms with Crippen molar-refractivity contribution in [2.75, 3.05) is 7.11 Å². The van der Waals surface area contributed by atoms with Gasteiger partial charge < -0.3 is 19.8 Å². The summed E-state index contributed by atoms with van der Waals surface area (Å²) in [5.74, 6) is 1.53. The van der Waals surface area contributed by atoms with Gasteiger partial charge in [0.15, 0.2) is 0 Å².